The molecule has 1 N–H and O–H groups in total. The van der Waals surface area contributed by atoms with Gasteiger partial charge in [-0.05, 0) is 0 Å². The van der Waals surface area contributed by atoms with Crippen molar-refractivity contribution in [2.45, 2.75) is 25.4 Å². The van der Waals surface area contributed by atoms with Crippen LogP contribution in [0.1, 0.15) is 19.8 Å². The molecule has 0 aromatic carbocycles. The van der Waals surface area contributed by atoms with Gasteiger partial charge < -0.3 is 44.7 Å². The van der Waals surface area contributed by atoms with Crippen LogP contribution in [0.3, 0.4) is 0 Å². The smallest absolute Gasteiger partial charge is 0.175 e. The highest BCUT2D eigenvalue weighted by molar-refractivity contribution is 6.30. The molecule has 19 heavy (non-hydrogen) atoms. The summed E-state index contributed by atoms with van der Waals surface area (Å²) in [6, 6.07) is 0. The second-order valence-corrected chi connectivity index (χ2v) is 3.26. The maximum atomic E-state index is 10.1. The SMILES string of the molecule is CC(=O)C(=O)[O-].O=C([O-])CC(O)(CC(=O)[O-])C(=O)[O-]. The molecule has 0 fully saturated rings. The highest BCUT2D eigenvalue weighted by atomic mass is 16.4. The molecule has 0 saturated carbocycles. The highest BCUT2D eigenvalue weighted by Gasteiger charge is 2.29. The van der Waals surface area contributed by atoms with Crippen molar-refractivity contribution in [3.63, 3.8) is 0 Å². The Morgan fingerprint density at radius 2 is 1.16 bits per heavy atom. The van der Waals surface area contributed by atoms with Crippen molar-refractivity contribution in [2.24, 2.45) is 0 Å². The zero-order valence-corrected chi connectivity index (χ0v) is 9.54. The lowest BCUT2D eigenvalue weighted by Crippen LogP contribution is -2.54. The largest absolute Gasteiger partial charge is 0.550 e. The van der Waals surface area contributed by atoms with Crippen molar-refractivity contribution >= 4 is 29.7 Å². The fraction of sp³-hybridized carbons (Fsp3) is 0.444. The third-order valence-corrected chi connectivity index (χ3v) is 1.54. The molecule has 0 saturated heterocycles. The fourth-order valence-corrected chi connectivity index (χ4v) is 0.684. The molecule has 0 aliphatic carbocycles. The van der Waals surface area contributed by atoms with E-state index in [0.29, 0.717) is 0 Å². The Hall–Kier alpha value is -2.49. The summed E-state index contributed by atoms with van der Waals surface area (Å²) >= 11 is 0. The number of carboxylic acid groups (broad SMARTS) is 4. The topological polar surface area (TPSA) is 198 Å². The van der Waals surface area contributed by atoms with Gasteiger partial charge in [0.05, 0.1) is 5.97 Å². The normalized spacial score (nSPS) is 9.79. The van der Waals surface area contributed by atoms with Crippen molar-refractivity contribution in [1.82, 2.24) is 0 Å². The number of hydrogen-bond acceptors (Lipinski definition) is 10. The van der Waals surface area contributed by atoms with Gasteiger partial charge in [0, 0.05) is 31.7 Å². The molecule has 0 aromatic rings. The van der Waals surface area contributed by atoms with Gasteiger partial charge in [0.2, 0.25) is 0 Å². The summed E-state index contributed by atoms with van der Waals surface area (Å²) in [5, 5.41) is 48.2. The van der Waals surface area contributed by atoms with Crippen LogP contribution in [0.15, 0.2) is 0 Å². The summed E-state index contributed by atoms with van der Waals surface area (Å²) < 4.78 is 0. The summed E-state index contributed by atoms with van der Waals surface area (Å²) in [4.78, 5) is 48.7. The lowest BCUT2D eigenvalue weighted by atomic mass is 9.96. The Labute approximate surface area is 105 Å². The van der Waals surface area contributed by atoms with Crippen LogP contribution in [0, 0.1) is 0 Å². The third-order valence-electron chi connectivity index (χ3n) is 1.54. The molecule has 0 rings (SSSR count). The van der Waals surface area contributed by atoms with Gasteiger partial charge in [-0.3, -0.25) is 4.79 Å². The molecule has 0 unspecified atom stereocenters. The maximum absolute atomic E-state index is 10.1. The van der Waals surface area contributed by atoms with E-state index in [1.54, 1.807) is 0 Å². The van der Waals surface area contributed by atoms with E-state index in [-0.39, 0.29) is 0 Å². The molecule has 0 atom stereocenters. The number of hydrogen-bond donors (Lipinski definition) is 1. The van der Waals surface area contributed by atoms with Crippen LogP contribution in [-0.4, -0.2) is 40.4 Å². The summed E-state index contributed by atoms with van der Waals surface area (Å²) in [6.07, 6.45) is -2.72. The van der Waals surface area contributed by atoms with Gasteiger partial charge >= 0.3 is 0 Å². The summed E-state index contributed by atoms with van der Waals surface area (Å²) in [6.45, 7) is 0.940. The molecular formula is C9H8O10-4. The Bertz CT molecular complexity index is 368. The number of aliphatic hydroxyl groups is 1. The van der Waals surface area contributed by atoms with Gasteiger partial charge in [-0.1, -0.05) is 0 Å². The quantitative estimate of drug-likeness (QED) is 0.454. The molecule has 108 valence electrons. The lowest BCUT2D eigenvalue weighted by Gasteiger charge is -2.29. The number of ketones is 1. The number of rotatable bonds is 6. The van der Waals surface area contributed by atoms with Crippen LogP contribution >= 0.6 is 0 Å². The molecule has 0 spiro atoms. The zero-order valence-electron chi connectivity index (χ0n) is 9.54. The van der Waals surface area contributed by atoms with Gasteiger partial charge in [0.25, 0.3) is 0 Å². The van der Waals surface area contributed by atoms with E-state index in [2.05, 4.69) is 0 Å². The minimum atomic E-state index is -2.97. The van der Waals surface area contributed by atoms with Crippen LogP contribution in [0.25, 0.3) is 0 Å². The standard InChI is InChI=1S/C6H8O7.C3H4O3/c7-3(8)1-6(13,5(11)12)2-4(9)10;1-2(4)3(5)6/h13H,1-2H2,(H,7,8)(H,9,10)(H,11,12);1H3,(H,5,6)/p-4. The molecular weight excluding hydrogens is 268 g/mol. The summed E-state index contributed by atoms with van der Waals surface area (Å²) in [7, 11) is 0. The van der Waals surface area contributed by atoms with Crippen molar-refractivity contribution in [1.29, 1.82) is 0 Å². The minimum absolute atomic E-state index is 0.935. The molecule has 10 nitrogen and oxygen atoms in total. The predicted molar refractivity (Wildman–Crippen MR) is 44.9 cm³/mol. The Kier molecular flexibility index (Phi) is 7.71. The summed E-state index contributed by atoms with van der Waals surface area (Å²) in [5.74, 6) is -8.55. The second kappa shape index (κ2) is 7.76. The Balaban J connectivity index is 0. The van der Waals surface area contributed by atoms with Crippen molar-refractivity contribution < 1.29 is 49.5 Å². The fourth-order valence-electron chi connectivity index (χ4n) is 0.684. The van der Waals surface area contributed by atoms with Crippen LogP contribution < -0.4 is 20.4 Å². The first-order chi connectivity index (χ1) is 8.42. The van der Waals surface area contributed by atoms with Crippen molar-refractivity contribution in [3.05, 3.63) is 0 Å². The second-order valence-electron chi connectivity index (χ2n) is 3.26. The van der Waals surface area contributed by atoms with E-state index >= 15 is 0 Å². The third kappa shape index (κ3) is 9.23. The number of carbonyl (C=O) groups is 5. The van der Waals surface area contributed by atoms with E-state index in [1.807, 2.05) is 0 Å². The Morgan fingerprint density at radius 3 is 1.26 bits per heavy atom. The van der Waals surface area contributed by atoms with E-state index in [4.69, 9.17) is 5.11 Å². The van der Waals surface area contributed by atoms with Crippen LogP contribution in [0.5, 0.6) is 0 Å². The highest BCUT2D eigenvalue weighted by Crippen LogP contribution is 2.13. The van der Waals surface area contributed by atoms with E-state index < -0.39 is 48.1 Å². The van der Waals surface area contributed by atoms with Crippen LogP contribution in [0.4, 0.5) is 0 Å². The molecule has 0 heterocycles. The lowest BCUT2D eigenvalue weighted by molar-refractivity contribution is -0.339. The van der Waals surface area contributed by atoms with Crippen LogP contribution in [-0.2, 0) is 24.0 Å². The van der Waals surface area contributed by atoms with Gasteiger partial charge in [0.15, 0.2) is 5.78 Å². The first-order valence-corrected chi connectivity index (χ1v) is 4.47. The number of Topliss-reactive ketones (excluding diaryl/α,β-unsaturated/α-hetero) is 1. The number of carboxylic acids is 4. The predicted octanol–water partition coefficient (Wildman–Crippen LogP) is -6.93. The molecule has 0 radical (unpaired) electrons. The van der Waals surface area contributed by atoms with E-state index in [9.17, 15) is 44.4 Å². The van der Waals surface area contributed by atoms with Crippen molar-refractivity contribution in [3.8, 4) is 0 Å². The molecule has 0 aromatic heterocycles. The molecule has 0 bridgehead atoms. The molecule has 0 amide bonds. The molecule has 0 aliphatic rings. The van der Waals surface area contributed by atoms with Gasteiger partial charge in [0.1, 0.15) is 11.6 Å². The average Bonchev–Trinajstić information content (AvgIpc) is 2.14. The van der Waals surface area contributed by atoms with Gasteiger partial charge in [-0.25, -0.2) is 0 Å². The van der Waals surface area contributed by atoms with E-state index in [0.717, 1.165) is 6.92 Å². The minimum Gasteiger partial charge on any atom is -0.550 e. The number of aliphatic carboxylic acids is 4. The van der Waals surface area contributed by atoms with Crippen LogP contribution in [0.2, 0.25) is 0 Å². The van der Waals surface area contributed by atoms with E-state index in [1.165, 1.54) is 0 Å². The monoisotopic (exact) mass is 276 g/mol. The summed E-state index contributed by atoms with van der Waals surface area (Å²) in [5.41, 5.74) is -2.97. The zero-order chi connectivity index (χ0) is 15.8. The molecule has 10 heteroatoms. The van der Waals surface area contributed by atoms with Crippen molar-refractivity contribution in [2.75, 3.05) is 0 Å². The first-order valence-electron chi connectivity index (χ1n) is 4.47. The van der Waals surface area contributed by atoms with Gasteiger partial charge in [-0.2, -0.15) is 0 Å². The average molecular weight is 276 g/mol. The first kappa shape index (κ1) is 18.9. The maximum Gasteiger partial charge on any atom is 0.175 e. The van der Waals surface area contributed by atoms with Gasteiger partial charge in [-0.15, -0.1) is 0 Å². The molecule has 0 aliphatic heterocycles. The Morgan fingerprint density at radius 1 is 0.895 bits per heavy atom. The number of carbonyl (C=O) groups excluding carboxylic acids is 5.